The van der Waals surface area contributed by atoms with Crippen LogP contribution < -0.4 is 5.32 Å². The number of nitrogens with zero attached hydrogens (tertiary/aromatic N) is 1. The van der Waals surface area contributed by atoms with E-state index in [0.29, 0.717) is 5.92 Å². The minimum atomic E-state index is 0.0544. The first-order chi connectivity index (χ1) is 9.10. The van der Waals surface area contributed by atoms with E-state index in [1.54, 1.807) is 0 Å². The summed E-state index contributed by atoms with van der Waals surface area (Å²) in [4.78, 5) is 12.2. The minimum absolute atomic E-state index is 0.0544. The Labute approximate surface area is 123 Å². The standard InChI is InChI=1S/C15H23BrN2O/c1-3-6-18-10-13(16)8-14(18)15(19)17-9-12-5-4-11(2)7-12/h8,10-12H,3-7,9H2,1-2H3,(H,17,19). The normalized spacial score (nSPS) is 22.7. The monoisotopic (exact) mass is 326 g/mol. The van der Waals surface area contributed by atoms with Gasteiger partial charge < -0.3 is 9.88 Å². The lowest BCUT2D eigenvalue weighted by Crippen LogP contribution is -2.30. The van der Waals surface area contributed by atoms with Crippen molar-refractivity contribution in [2.75, 3.05) is 6.54 Å². The fraction of sp³-hybridized carbons (Fsp3) is 0.667. The Kier molecular flexibility index (Phi) is 5.08. The van der Waals surface area contributed by atoms with Crippen LogP contribution >= 0.6 is 15.9 Å². The van der Waals surface area contributed by atoms with Crippen LogP contribution in [0.5, 0.6) is 0 Å². The second kappa shape index (κ2) is 6.60. The van der Waals surface area contributed by atoms with Gasteiger partial charge in [0.2, 0.25) is 0 Å². The Morgan fingerprint density at radius 3 is 2.95 bits per heavy atom. The predicted octanol–water partition coefficient (Wildman–Crippen LogP) is 3.83. The van der Waals surface area contributed by atoms with E-state index in [1.807, 2.05) is 16.8 Å². The topological polar surface area (TPSA) is 34.0 Å². The number of amides is 1. The Balaban J connectivity index is 1.92. The third kappa shape index (κ3) is 3.85. The Bertz CT molecular complexity index is 441. The van der Waals surface area contributed by atoms with Crippen molar-refractivity contribution in [2.24, 2.45) is 11.8 Å². The number of nitrogens with one attached hydrogen (secondary N) is 1. The maximum absolute atomic E-state index is 12.2. The molecule has 0 radical (unpaired) electrons. The quantitative estimate of drug-likeness (QED) is 0.876. The lowest BCUT2D eigenvalue weighted by molar-refractivity contribution is 0.0937. The summed E-state index contributed by atoms with van der Waals surface area (Å²) in [6.07, 6.45) is 6.82. The van der Waals surface area contributed by atoms with Gasteiger partial charge >= 0.3 is 0 Å². The van der Waals surface area contributed by atoms with Crippen LogP contribution in [0, 0.1) is 11.8 Å². The molecule has 1 amide bonds. The van der Waals surface area contributed by atoms with Crippen LogP contribution in [0.2, 0.25) is 0 Å². The largest absolute Gasteiger partial charge is 0.350 e. The molecule has 2 atom stereocenters. The van der Waals surface area contributed by atoms with Crippen molar-refractivity contribution >= 4 is 21.8 Å². The molecule has 19 heavy (non-hydrogen) atoms. The van der Waals surface area contributed by atoms with E-state index in [4.69, 9.17) is 0 Å². The molecule has 2 unspecified atom stereocenters. The third-order valence-electron chi connectivity index (χ3n) is 3.92. The maximum atomic E-state index is 12.2. The van der Waals surface area contributed by atoms with Crippen LogP contribution in [0.3, 0.4) is 0 Å². The molecule has 0 bridgehead atoms. The summed E-state index contributed by atoms with van der Waals surface area (Å²) in [7, 11) is 0. The zero-order chi connectivity index (χ0) is 13.8. The fourth-order valence-electron chi connectivity index (χ4n) is 2.93. The number of hydrogen-bond donors (Lipinski definition) is 1. The summed E-state index contributed by atoms with van der Waals surface area (Å²) in [6, 6.07) is 1.91. The highest BCUT2D eigenvalue weighted by molar-refractivity contribution is 9.10. The van der Waals surface area contributed by atoms with Crippen LogP contribution in [-0.2, 0) is 6.54 Å². The molecule has 0 aliphatic heterocycles. The second-order valence-electron chi connectivity index (χ2n) is 5.73. The molecule has 0 spiro atoms. The lowest BCUT2D eigenvalue weighted by Gasteiger charge is -2.12. The van der Waals surface area contributed by atoms with Crippen LogP contribution in [0.25, 0.3) is 0 Å². The van der Waals surface area contributed by atoms with E-state index in [0.717, 1.165) is 35.6 Å². The number of halogens is 1. The van der Waals surface area contributed by atoms with Gasteiger partial charge in [0, 0.05) is 23.8 Å². The fourth-order valence-corrected chi connectivity index (χ4v) is 3.39. The minimum Gasteiger partial charge on any atom is -0.350 e. The average molecular weight is 327 g/mol. The van der Waals surface area contributed by atoms with Gasteiger partial charge in [0.25, 0.3) is 5.91 Å². The van der Waals surface area contributed by atoms with Crippen LogP contribution in [-0.4, -0.2) is 17.0 Å². The van der Waals surface area contributed by atoms with Gasteiger partial charge in [-0.05, 0) is 53.1 Å². The van der Waals surface area contributed by atoms with E-state index < -0.39 is 0 Å². The Morgan fingerprint density at radius 2 is 2.32 bits per heavy atom. The Morgan fingerprint density at radius 1 is 1.53 bits per heavy atom. The van der Waals surface area contributed by atoms with Gasteiger partial charge in [-0.1, -0.05) is 20.3 Å². The highest BCUT2D eigenvalue weighted by Gasteiger charge is 2.22. The van der Waals surface area contributed by atoms with Crippen molar-refractivity contribution in [1.29, 1.82) is 0 Å². The smallest absolute Gasteiger partial charge is 0.267 e. The lowest BCUT2D eigenvalue weighted by atomic mass is 10.1. The first-order valence-electron chi connectivity index (χ1n) is 7.24. The van der Waals surface area contributed by atoms with E-state index in [2.05, 4.69) is 35.1 Å². The van der Waals surface area contributed by atoms with Gasteiger partial charge in [0.15, 0.2) is 0 Å². The number of aryl methyl sites for hydroxylation is 1. The first kappa shape index (κ1) is 14.6. The number of aromatic nitrogens is 1. The summed E-state index contributed by atoms with van der Waals surface area (Å²) in [5.41, 5.74) is 0.764. The van der Waals surface area contributed by atoms with Crippen LogP contribution in [0.4, 0.5) is 0 Å². The molecule has 3 nitrogen and oxygen atoms in total. The summed E-state index contributed by atoms with van der Waals surface area (Å²) < 4.78 is 3.00. The van der Waals surface area contributed by atoms with Crippen molar-refractivity contribution in [1.82, 2.24) is 9.88 Å². The van der Waals surface area contributed by atoms with E-state index in [-0.39, 0.29) is 5.91 Å². The van der Waals surface area contributed by atoms with Crippen molar-refractivity contribution in [3.8, 4) is 0 Å². The average Bonchev–Trinajstić information content (AvgIpc) is 2.93. The zero-order valence-electron chi connectivity index (χ0n) is 11.8. The molecule has 1 aliphatic rings. The van der Waals surface area contributed by atoms with Crippen molar-refractivity contribution in [2.45, 2.75) is 46.1 Å². The third-order valence-corrected chi connectivity index (χ3v) is 4.35. The molecule has 106 valence electrons. The summed E-state index contributed by atoms with van der Waals surface area (Å²) in [5.74, 6) is 1.54. The van der Waals surface area contributed by atoms with E-state index in [9.17, 15) is 4.79 Å². The van der Waals surface area contributed by atoms with Gasteiger partial charge in [-0.25, -0.2) is 0 Å². The van der Waals surface area contributed by atoms with Crippen LogP contribution in [0.1, 0.15) is 50.0 Å². The molecule has 1 heterocycles. The van der Waals surface area contributed by atoms with E-state index in [1.165, 1.54) is 19.3 Å². The SMILES string of the molecule is CCCn1cc(Br)cc1C(=O)NCC1CCC(C)C1. The summed E-state index contributed by atoms with van der Waals surface area (Å²) in [6.45, 7) is 6.12. The number of carbonyl (C=O) groups is 1. The van der Waals surface area contributed by atoms with Crippen molar-refractivity contribution in [3.63, 3.8) is 0 Å². The maximum Gasteiger partial charge on any atom is 0.267 e. The highest BCUT2D eigenvalue weighted by Crippen LogP contribution is 2.29. The first-order valence-corrected chi connectivity index (χ1v) is 8.03. The molecular formula is C15H23BrN2O. The summed E-state index contributed by atoms with van der Waals surface area (Å²) in [5, 5.41) is 3.09. The molecule has 1 aromatic heterocycles. The van der Waals surface area contributed by atoms with Gasteiger partial charge in [-0.15, -0.1) is 0 Å². The van der Waals surface area contributed by atoms with Gasteiger partial charge in [-0.2, -0.15) is 0 Å². The molecule has 1 saturated carbocycles. The number of hydrogen-bond acceptors (Lipinski definition) is 1. The molecule has 0 aromatic carbocycles. The molecule has 0 saturated heterocycles. The molecular weight excluding hydrogens is 304 g/mol. The Hall–Kier alpha value is -0.770. The molecule has 1 aromatic rings. The number of carbonyl (C=O) groups excluding carboxylic acids is 1. The summed E-state index contributed by atoms with van der Waals surface area (Å²) >= 11 is 3.45. The highest BCUT2D eigenvalue weighted by atomic mass is 79.9. The molecule has 1 aliphatic carbocycles. The van der Waals surface area contributed by atoms with Gasteiger partial charge in [-0.3, -0.25) is 4.79 Å². The molecule has 4 heteroatoms. The van der Waals surface area contributed by atoms with Gasteiger partial charge in [0.1, 0.15) is 5.69 Å². The molecule has 2 rings (SSSR count). The van der Waals surface area contributed by atoms with Crippen LogP contribution in [0.15, 0.2) is 16.7 Å². The van der Waals surface area contributed by atoms with Crippen molar-refractivity contribution in [3.05, 3.63) is 22.4 Å². The van der Waals surface area contributed by atoms with E-state index >= 15 is 0 Å². The molecule has 1 N–H and O–H groups in total. The predicted molar refractivity (Wildman–Crippen MR) is 81.3 cm³/mol. The number of rotatable bonds is 5. The van der Waals surface area contributed by atoms with Crippen molar-refractivity contribution < 1.29 is 4.79 Å². The van der Waals surface area contributed by atoms with Gasteiger partial charge in [0.05, 0.1) is 0 Å². The molecule has 1 fully saturated rings. The second-order valence-corrected chi connectivity index (χ2v) is 6.65. The zero-order valence-corrected chi connectivity index (χ0v) is 13.4.